The van der Waals surface area contributed by atoms with Crippen LogP contribution in [0.4, 0.5) is 5.13 Å². The summed E-state index contributed by atoms with van der Waals surface area (Å²) in [6, 6.07) is 0. The van der Waals surface area contributed by atoms with E-state index in [0.29, 0.717) is 23.5 Å². The van der Waals surface area contributed by atoms with Crippen LogP contribution in [0.1, 0.15) is 32.4 Å². The molecular formula is C15H21N3O2S. The van der Waals surface area contributed by atoms with Crippen LogP contribution < -0.4 is 10.2 Å². The van der Waals surface area contributed by atoms with Crippen LogP contribution in [0.2, 0.25) is 0 Å². The highest BCUT2D eigenvalue weighted by molar-refractivity contribution is 7.14. The number of nitrogens with one attached hydrogen (secondary N) is 1. The van der Waals surface area contributed by atoms with Crippen molar-refractivity contribution in [3.63, 3.8) is 0 Å². The number of carbonyl (C=O) groups excluding carboxylic acids is 2. The molecule has 2 fully saturated rings. The van der Waals surface area contributed by atoms with Gasteiger partial charge in [0, 0.05) is 24.3 Å². The zero-order valence-electron chi connectivity index (χ0n) is 12.6. The molecular weight excluding hydrogens is 286 g/mol. The molecule has 1 heterocycles. The van der Waals surface area contributed by atoms with Gasteiger partial charge in [-0.2, -0.15) is 0 Å². The second kappa shape index (κ2) is 5.40. The Balaban J connectivity index is 1.53. The number of thiazole rings is 1. The molecule has 1 aromatic heterocycles. The van der Waals surface area contributed by atoms with Crippen molar-refractivity contribution in [2.75, 3.05) is 11.9 Å². The highest BCUT2D eigenvalue weighted by atomic mass is 32.1. The van der Waals surface area contributed by atoms with Crippen LogP contribution in [0.5, 0.6) is 0 Å². The van der Waals surface area contributed by atoms with Crippen LogP contribution in [0.3, 0.4) is 0 Å². The van der Waals surface area contributed by atoms with Gasteiger partial charge in [0.2, 0.25) is 11.8 Å². The average Bonchev–Trinajstić information content (AvgIpc) is 3.31. The number of carbonyl (C=O) groups is 2. The minimum absolute atomic E-state index is 0.119. The highest BCUT2D eigenvalue weighted by Crippen LogP contribution is 2.40. The third kappa shape index (κ3) is 3.10. The van der Waals surface area contributed by atoms with Gasteiger partial charge in [0.15, 0.2) is 5.13 Å². The largest absolute Gasteiger partial charge is 0.350 e. The number of amides is 2. The van der Waals surface area contributed by atoms with E-state index in [1.54, 1.807) is 11.9 Å². The van der Waals surface area contributed by atoms with E-state index in [9.17, 15) is 9.59 Å². The lowest BCUT2D eigenvalue weighted by Gasteiger charge is -2.13. The lowest BCUT2D eigenvalue weighted by molar-refractivity contribution is -0.123. The Hall–Kier alpha value is -1.43. The Kier molecular flexibility index (Phi) is 3.73. The molecule has 0 aromatic carbocycles. The molecule has 114 valence electrons. The summed E-state index contributed by atoms with van der Waals surface area (Å²) in [5, 5.41) is 5.54. The monoisotopic (exact) mass is 307 g/mol. The summed E-state index contributed by atoms with van der Waals surface area (Å²) in [5.74, 6) is 1.63. The average molecular weight is 307 g/mol. The van der Waals surface area contributed by atoms with Crippen LogP contribution >= 0.6 is 11.3 Å². The molecule has 4 atom stereocenters. The molecule has 0 bridgehead atoms. The lowest BCUT2D eigenvalue weighted by atomic mass is 10.3. The quantitative estimate of drug-likeness (QED) is 0.905. The molecule has 21 heavy (non-hydrogen) atoms. The van der Waals surface area contributed by atoms with E-state index < -0.39 is 0 Å². The van der Waals surface area contributed by atoms with Crippen LogP contribution in [0, 0.1) is 23.7 Å². The van der Waals surface area contributed by atoms with Crippen LogP contribution in [-0.4, -0.2) is 23.8 Å². The number of nitrogens with zero attached hydrogens (tertiary/aromatic N) is 2. The van der Waals surface area contributed by atoms with Gasteiger partial charge >= 0.3 is 0 Å². The molecule has 3 rings (SSSR count). The Morgan fingerprint density at radius 3 is 2.52 bits per heavy atom. The van der Waals surface area contributed by atoms with Gasteiger partial charge in [-0.3, -0.25) is 14.5 Å². The fourth-order valence-electron chi connectivity index (χ4n) is 2.54. The molecule has 0 saturated heterocycles. The number of rotatable bonds is 5. The number of aromatic nitrogens is 1. The topological polar surface area (TPSA) is 62.3 Å². The maximum Gasteiger partial charge on any atom is 0.231 e. The van der Waals surface area contributed by atoms with E-state index in [4.69, 9.17) is 0 Å². The molecule has 1 N–H and O–H groups in total. The predicted octanol–water partition coefficient (Wildman–Crippen LogP) is 2.03. The minimum Gasteiger partial charge on any atom is -0.350 e. The van der Waals surface area contributed by atoms with Gasteiger partial charge < -0.3 is 5.32 Å². The normalized spacial score (nSPS) is 29.9. The van der Waals surface area contributed by atoms with E-state index in [2.05, 4.69) is 24.1 Å². The highest BCUT2D eigenvalue weighted by Gasteiger charge is 2.41. The maximum atomic E-state index is 12.1. The molecule has 0 radical (unpaired) electrons. The number of hydrogen-bond donors (Lipinski definition) is 1. The number of anilines is 1. The fourth-order valence-corrected chi connectivity index (χ4v) is 3.33. The molecule has 6 heteroatoms. The summed E-state index contributed by atoms with van der Waals surface area (Å²) in [6.45, 7) is 4.63. The summed E-state index contributed by atoms with van der Waals surface area (Å²) < 4.78 is 0. The summed E-state index contributed by atoms with van der Waals surface area (Å²) >= 11 is 1.45. The lowest BCUT2D eigenvalue weighted by Crippen LogP contribution is -2.28. The molecule has 1 aromatic rings. The summed E-state index contributed by atoms with van der Waals surface area (Å²) in [7, 11) is 1.78. The van der Waals surface area contributed by atoms with Crippen LogP contribution in [-0.2, 0) is 16.1 Å². The molecule has 2 aliphatic carbocycles. The second-order valence-corrected chi connectivity index (χ2v) is 7.21. The van der Waals surface area contributed by atoms with Gasteiger partial charge in [0.1, 0.15) is 0 Å². The van der Waals surface area contributed by atoms with E-state index in [0.717, 1.165) is 18.5 Å². The third-order valence-corrected chi connectivity index (χ3v) is 5.44. The van der Waals surface area contributed by atoms with Crippen molar-refractivity contribution in [2.24, 2.45) is 23.7 Å². The first-order valence-electron chi connectivity index (χ1n) is 7.47. The molecule has 0 spiro atoms. The Morgan fingerprint density at radius 1 is 1.33 bits per heavy atom. The van der Waals surface area contributed by atoms with E-state index in [1.165, 1.54) is 11.3 Å². The maximum absolute atomic E-state index is 12.1. The first kappa shape index (κ1) is 14.5. The SMILES string of the molecule is CC1CC1C(=O)NCc1csc(N(C)C(=O)C2CC2C)n1. The van der Waals surface area contributed by atoms with Gasteiger partial charge in [-0.15, -0.1) is 11.3 Å². The first-order valence-corrected chi connectivity index (χ1v) is 8.35. The van der Waals surface area contributed by atoms with Crippen molar-refractivity contribution in [3.8, 4) is 0 Å². The first-order chi connectivity index (χ1) is 9.97. The van der Waals surface area contributed by atoms with Crippen molar-refractivity contribution >= 4 is 28.3 Å². The molecule has 2 saturated carbocycles. The third-order valence-electron chi connectivity index (χ3n) is 4.47. The van der Waals surface area contributed by atoms with Crippen molar-refractivity contribution in [1.29, 1.82) is 0 Å². The summed E-state index contributed by atoms with van der Waals surface area (Å²) in [4.78, 5) is 30.0. The Labute approximate surface area is 128 Å². The Bertz CT molecular complexity index is 571. The van der Waals surface area contributed by atoms with E-state index in [1.807, 2.05) is 5.38 Å². The standard InChI is InChI=1S/C15H21N3O2S/c1-8-4-11(8)13(19)16-6-10-7-21-15(17-10)18(3)14(20)12-5-9(12)2/h7-9,11-12H,4-6H2,1-3H3,(H,16,19). The number of hydrogen-bond acceptors (Lipinski definition) is 4. The second-order valence-electron chi connectivity index (χ2n) is 6.38. The molecule has 2 amide bonds. The van der Waals surface area contributed by atoms with Crippen molar-refractivity contribution < 1.29 is 9.59 Å². The van der Waals surface area contributed by atoms with Crippen LogP contribution in [0.15, 0.2) is 5.38 Å². The van der Waals surface area contributed by atoms with Gasteiger partial charge in [-0.1, -0.05) is 13.8 Å². The Morgan fingerprint density at radius 2 is 1.95 bits per heavy atom. The van der Waals surface area contributed by atoms with Gasteiger partial charge in [-0.05, 0) is 24.7 Å². The molecule has 2 aliphatic rings. The van der Waals surface area contributed by atoms with Gasteiger partial charge in [0.25, 0.3) is 0 Å². The molecule has 5 nitrogen and oxygen atoms in total. The zero-order valence-corrected chi connectivity index (χ0v) is 13.4. The van der Waals surface area contributed by atoms with Crippen molar-refractivity contribution in [2.45, 2.75) is 33.2 Å². The van der Waals surface area contributed by atoms with E-state index >= 15 is 0 Å². The molecule has 4 unspecified atom stereocenters. The molecule has 0 aliphatic heterocycles. The van der Waals surface area contributed by atoms with Crippen molar-refractivity contribution in [3.05, 3.63) is 11.1 Å². The van der Waals surface area contributed by atoms with Crippen molar-refractivity contribution in [1.82, 2.24) is 10.3 Å². The zero-order chi connectivity index (χ0) is 15.1. The van der Waals surface area contributed by atoms with Gasteiger partial charge in [-0.25, -0.2) is 4.98 Å². The minimum atomic E-state index is 0.119. The van der Waals surface area contributed by atoms with Crippen LogP contribution in [0.25, 0.3) is 0 Å². The van der Waals surface area contributed by atoms with Gasteiger partial charge in [0.05, 0.1) is 12.2 Å². The summed E-state index contributed by atoms with van der Waals surface area (Å²) in [5.41, 5.74) is 0.820. The van der Waals surface area contributed by atoms with E-state index in [-0.39, 0.29) is 23.7 Å². The smallest absolute Gasteiger partial charge is 0.231 e. The predicted molar refractivity (Wildman–Crippen MR) is 81.9 cm³/mol. The fraction of sp³-hybridized carbons (Fsp3) is 0.667. The summed E-state index contributed by atoms with van der Waals surface area (Å²) in [6.07, 6.45) is 1.97.